The summed E-state index contributed by atoms with van der Waals surface area (Å²) in [6.45, 7) is 4.56. The second-order valence-corrected chi connectivity index (χ2v) is 14.8. The lowest BCUT2D eigenvalue weighted by Gasteiger charge is -2.34. The molecule has 0 saturated heterocycles. The van der Waals surface area contributed by atoms with E-state index in [-0.39, 0.29) is 61.7 Å². The van der Waals surface area contributed by atoms with Gasteiger partial charge in [-0.3, -0.25) is 9.59 Å². The van der Waals surface area contributed by atoms with Crippen LogP contribution in [0.15, 0.2) is 53.6 Å². The number of rotatable bonds is 6. The molecule has 1 amide bonds. The van der Waals surface area contributed by atoms with Crippen LogP contribution in [0.3, 0.4) is 0 Å². The van der Waals surface area contributed by atoms with Crippen LogP contribution in [0.5, 0.6) is 5.75 Å². The van der Waals surface area contributed by atoms with E-state index in [2.05, 4.69) is 20.6 Å². The highest BCUT2D eigenvalue weighted by Crippen LogP contribution is 2.31. The lowest BCUT2D eigenvalue weighted by Crippen LogP contribution is -2.54. The second-order valence-electron chi connectivity index (χ2n) is 12.9. The monoisotopic (exact) mass is 710 g/mol. The summed E-state index contributed by atoms with van der Waals surface area (Å²) in [5, 5.41) is 16.3. The number of carbonyl (C=O) groups excluding carboxylic acids is 1. The number of benzene rings is 2. The van der Waals surface area contributed by atoms with Crippen molar-refractivity contribution in [3.63, 3.8) is 0 Å². The highest BCUT2D eigenvalue weighted by Gasteiger charge is 2.42. The number of amides is 1. The molecular weight excluding hydrogens is 664 g/mol. The predicted octanol–water partition coefficient (Wildman–Crippen LogP) is 3.93. The zero-order valence-corrected chi connectivity index (χ0v) is 29.3. The number of carbonyl (C=O) groups is 2. The van der Waals surface area contributed by atoms with Crippen molar-refractivity contribution in [2.75, 3.05) is 57.2 Å². The molecule has 1 aromatic heterocycles. The fourth-order valence-corrected chi connectivity index (χ4v) is 7.81. The van der Waals surface area contributed by atoms with Crippen LogP contribution in [-0.4, -0.2) is 91.3 Å². The van der Waals surface area contributed by atoms with E-state index in [1.165, 1.54) is 76.4 Å². The van der Waals surface area contributed by atoms with Crippen molar-refractivity contribution < 1.29 is 37.3 Å². The molecule has 5 N–H and O–H groups in total. The summed E-state index contributed by atoms with van der Waals surface area (Å²) in [5.41, 5.74) is 6.28. The Morgan fingerprint density at radius 3 is 2.46 bits per heavy atom. The number of aromatic nitrogens is 2. The van der Waals surface area contributed by atoms with Crippen molar-refractivity contribution in [2.45, 2.75) is 62.9 Å². The average Bonchev–Trinajstić information content (AvgIpc) is 3.10. The molecule has 3 aromatic rings. The number of carboxylic acids is 1. The van der Waals surface area contributed by atoms with E-state index >= 15 is 0 Å². The van der Waals surface area contributed by atoms with Crippen molar-refractivity contribution in [1.29, 1.82) is 0 Å². The largest absolute Gasteiger partial charge is 0.489 e. The second kappa shape index (κ2) is 16.7. The van der Waals surface area contributed by atoms with Crippen LogP contribution in [0.1, 0.15) is 62.0 Å². The van der Waals surface area contributed by atoms with Gasteiger partial charge < -0.3 is 35.7 Å². The molecule has 3 heterocycles. The van der Waals surface area contributed by atoms with Crippen LogP contribution in [0.4, 0.5) is 11.5 Å². The maximum atomic E-state index is 13.7. The van der Waals surface area contributed by atoms with E-state index in [9.17, 15) is 23.1 Å². The zero-order valence-electron chi connectivity index (χ0n) is 28.5. The smallest absolute Gasteiger partial charge is 0.324 e. The first-order valence-electron chi connectivity index (χ1n) is 16.9. The summed E-state index contributed by atoms with van der Waals surface area (Å²) in [6.07, 6.45) is 7.64. The standard InChI is InChI=1S/C35H46N6O8S/c1-35(2,34(43)44)41-15-16-47-17-18-48-19-20-49-31-26(22-37-21-24-7-4-3-5-8-24)9-6-10-28(31)40-33(42)30-32(36)38-23-29(39-30)25-11-13-27(14-12-25)50(41,45)46/h6,9-14,23-24,37H,3-5,7-8,15-22H2,1-2H3,(H2,36,38)(H,40,42)(H,43,44). The topological polar surface area (TPSA) is 195 Å². The number of anilines is 2. The molecule has 1 saturated carbocycles. The molecule has 4 bridgehead atoms. The van der Waals surface area contributed by atoms with Gasteiger partial charge in [0, 0.05) is 24.2 Å². The van der Waals surface area contributed by atoms with Crippen LogP contribution in [-0.2, 0) is 30.8 Å². The van der Waals surface area contributed by atoms with Crippen molar-refractivity contribution in [2.24, 2.45) is 5.92 Å². The summed E-state index contributed by atoms with van der Waals surface area (Å²) in [7, 11) is -4.28. The summed E-state index contributed by atoms with van der Waals surface area (Å²) in [5.74, 6) is -0.860. The molecule has 0 radical (unpaired) electrons. The molecule has 3 aliphatic rings. The Bertz CT molecular complexity index is 1750. The Morgan fingerprint density at radius 1 is 1.04 bits per heavy atom. The van der Waals surface area contributed by atoms with Crippen LogP contribution in [0.25, 0.3) is 11.3 Å². The van der Waals surface area contributed by atoms with Gasteiger partial charge in [-0.1, -0.05) is 43.5 Å². The first-order valence-corrected chi connectivity index (χ1v) is 18.3. The quantitative estimate of drug-likeness (QED) is 0.270. The maximum Gasteiger partial charge on any atom is 0.324 e. The van der Waals surface area contributed by atoms with E-state index < -0.39 is 27.4 Å². The Balaban J connectivity index is 1.44. The zero-order chi connectivity index (χ0) is 35.7. The highest BCUT2D eigenvalue weighted by molar-refractivity contribution is 7.89. The van der Waals surface area contributed by atoms with Gasteiger partial charge in [-0.15, -0.1) is 0 Å². The minimum atomic E-state index is -4.28. The Kier molecular flexibility index (Phi) is 12.4. The number of fused-ring (bicyclic) bond motifs is 13. The summed E-state index contributed by atoms with van der Waals surface area (Å²) >= 11 is 0. The van der Waals surface area contributed by atoms with Crippen LogP contribution in [0, 0.1) is 5.92 Å². The van der Waals surface area contributed by atoms with Crippen LogP contribution in [0.2, 0.25) is 0 Å². The number of para-hydroxylation sites is 1. The average molecular weight is 711 g/mol. The van der Waals surface area contributed by atoms with E-state index in [1.54, 1.807) is 6.07 Å². The maximum absolute atomic E-state index is 13.7. The number of nitrogens with zero attached hydrogens (tertiary/aromatic N) is 3. The Hall–Kier alpha value is -4.15. The van der Waals surface area contributed by atoms with Gasteiger partial charge in [-0.2, -0.15) is 4.31 Å². The third kappa shape index (κ3) is 8.95. The molecule has 50 heavy (non-hydrogen) atoms. The van der Waals surface area contributed by atoms with Gasteiger partial charge in [0.25, 0.3) is 5.91 Å². The van der Waals surface area contributed by atoms with Crippen LogP contribution >= 0.6 is 0 Å². The van der Waals surface area contributed by atoms with Gasteiger partial charge in [0.05, 0.1) is 48.9 Å². The Morgan fingerprint density at radius 2 is 1.74 bits per heavy atom. The normalized spacial score (nSPS) is 18.6. The molecule has 1 fully saturated rings. The minimum absolute atomic E-state index is 0.0536. The molecular formula is C35H46N6O8S. The van der Waals surface area contributed by atoms with Gasteiger partial charge in [0.1, 0.15) is 17.9 Å². The van der Waals surface area contributed by atoms with Gasteiger partial charge >= 0.3 is 5.97 Å². The highest BCUT2D eigenvalue weighted by atomic mass is 32.2. The van der Waals surface area contributed by atoms with Gasteiger partial charge in [0.2, 0.25) is 10.0 Å². The summed E-state index contributed by atoms with van der Waals surface area (Å²) in [6, 6.07) is 11.3. The van der Waals surface area contributed by atoms with Crippen molar-refractivity contribution in [3.05, 3.63) is 59.9 Å². The lowest BCUT2D eigenvalue weighted by atomic mass is 9.89. The predicted molar refractivity (Wildman–Crippen MR) is 187 cm³/mol. The molecule has 1 aliphatic carbocycles. The molecule has 0 atom stereocenters. The number of ether oxygens (including phenoxy) is 3. The molecule has 14 nitrogen and oxygen atoms in total. The number of nitrogens with two attached hydrogens (primary N) is 1. The minimum Gasteiger partial charge on any atom is -0.489 e. The molecule has 6 rings (SSSR count). The van der Waals surface area contributed by atoms with Crippen molar-refractivity contribution in [1.82, 2.24) is 19.6 Å². The SMILES string of the molecule is CC(C)(C(=O)O)N1CCOCCOCCOc2c(CNCC3CCCCC3)cccc2NC(=O)c2nc(cnc2N)-c2ccc(cc2)S1(=O)=O. The summed E-state index contributed by atoms with van der Waals surface area (Å²) < 4.78 is 45.9. The fourth-order valence-electron chi connectivity index (χ4n) is 6.09. The fraction of sp³-hybridized carbons (Fsp3) is 0.486. The van der Waals surface area contributed by atoms with Crippen molar-refractivity contribution in [3.8, 4) is 17.0 Å². The molecule has 0 unspecified atom stereocenters. The van der Waals surface area contributed by atoms with E-state index in [1.807, 2.05) is 12.1 Å². The van der Waals surface area contributed by atoms with Crippen LogP contribution < -0.4 is 21.1 Å². The van der Waals surface area contributed by atoms with E-state index in [0.29, 0.717) is 29.5 Å². The molecule has 2 aromatic carbocycles. The third-order valence-corrected chi connectivity index (χ3v) is 11.1. The molecule has 270 valence electrons. The number of hydrogen-bond acceptors (Lipinski definition) is 11. The first-order chi connectivity index (χ1) is 24.0. The number of nitrogens with one attached hydrogen (secondary N) is 2. The molecule has 2 aliphatic heterocycles. The lowest BCUT2D eigenvalue weighted by molar-refractivity contribution is -0.146. The first kappa shape index (κ1) is 37.1. The molecule has 0 spiro atoms. The van der Waals surface area contributed by atoms with Gasteiger partial charge in [-0.05, 0) is 57.4 Å². The van der Waals surface area contributed by atoms with Gasteiger partial charge in [0.15, 0.2) is 11.5 Å². The summed E-state index contributed by atoms with van der Waals surface area (Å²) in [4.78, 5) is 34.3. The van der Waals surface area contributed by atoms with Crippen molar-refractivity contribution >= 4 is 33.4 Å². The molecule has 15 heteroatoms. The number of hydrogen-bond donors (Lipinski definition) is 4. The number of sulfonamides is 1. The van der Waals surface area contributed by atoms with E-state index in [0.717, 1.165) is 16.4 Å². The van der Waals surface area contributed by atoms with Gasteiger partial charge in [-0.25, -0.2) is 18.4 Å². The third-order valence-electron chi connectivity index (χ3n) is 9.00. The Labute approximate surface area is 292 Å². The number of carboxylic acid groups (broad SMARTS) is 1. The number of aliphatic carboxylic acids is 1. The number of nitrogen functional groups attached to an aromatic ring is 1. The van der Waals surface area contributed by atoms with E-state index in [4.69, 9.17) is 19.9 Å².